The molecule has 0 radical (unpaired) electrons. The van der Waals surface area contributed by atoms with Crippen molar-refractivity contribution in [2.75, 3.05) is 0 Å². The maximum atomic E-state index is 13.9. The minimum absolute atomic E-state index is 0.00469. The minimum atomic E-state index is -4.60. The van der Waals surface area contributed by atoms with Crippen LogP contribution in [0.3, 0.4) is 0 Å². The molecule has 0 spiro atoms. The zero-order chi connectivity index (χ0) is 22.3. The van der Waals surface area contributed by atoms with Crippen molar-refractivity contribution in [3.05, 3.63) is 82.4 Å². The largest absolute Gasteiger partial charge is 0.433 e. The molecule has 4 rings (SSSR count). The third-order valence-electron chi connectivity index (χ3n) is 5.47. The van der Waals surface area contributed by atoms with E-state index in [1.54, 1.807) is 24.3 Å². The quantitative estimate of drug-likeness (QED) is 0.351. The summed E-state index contributed by atoms with van der Waals surface area (Å²) < 4.78 is 41.7. The van der Waals surface area contributed by atoms with Crippen molar-refractivity contribution in [3.8, 4) is 11.4 Å². The number of alkyl halides is 3. The summed E-state index contributed by atoms with van der Waals surface area (Å²) in [4.78, 5) is 11.7. The Morgan fingerprint density at radius 1 is 0.839 bits per heavy atom. The first-order valence-corrected chi connectivity index (χ1v) is 9.93. The summed E-state index contributed by atoms with van der Waals surface area (Å²) in [5, 5.41) is 0. The Kier molecular flexibility index (Phi) is 5.17. The lowest BCUT2D eigenvalue weighted by Crippen LogP contribution is -2.23. The van der Waals surface area contributed by atoms with Gasteiger partial charge in [-0.1, -0.05) is 30.3 Å². The maximum absolute atomic E-state index is 13.9. The number of H-pyrrole nitrogens is 1. The van der Waals surface area contributed by atoms with Crippen molar-refractivity contribution in [3.63, 3.8) is 0 Å². The van der Waals surface area contributed by atoms with Gasteiger partial charge in [-0.2, -0.15) is 13.2 Å². The molecular formula is C25H22F3N3. The highest BCUT2D eigenvalue weighted by Crippen LogP contribution is 2.30. The van der Waals surface area contributed by atoms with Gasteiger partial charge in [0.05, 0.1) is 16.7 Å². The van der Waals surface area contributed by atoms with Gasteiger partial charge in [-0.05, 0) is 74.2 Å². The topological polar surface area (TPSA) is 41.0 Å². The number of imidazole rings is 1. The van der Waals surface area contributed by atoms with Gasteiger partial charge in [-0.3, -0.25) is 0 Å². The van der Waals surface area contributed by atoms with E-state index >= 15 is 0 Å². The number of hydrogen-bond acceptors (Lipinski definition) is 2. The summed E-state index contributed by atoms with van der Waals surface area (Å²) in [6.07, 6.45) is -4.60. The van der Waals surface area contributed by atoms with E-state index in [2.05, 4.69) is 15.0 Å². The molecule has 0 amide bonds. The van der Waals surface area contributed by atoms with Crippen LogP contribution in [-0.2, 0) is 0 Å². The van der Waals surface area contributed by atoms with Crippen molar-refractivity contribution in [2.24, 2.45) is 4.99 Å². The number of nitrogens with one attached hydrogen (secondary N) is 1. The zero-order valence-electron chi connectivity index (χ0n) is 17.7. The third kappa shape index (κ3) is 4.10. The van der Waals surface area contributed by atoms with Crippen LogP contribution < -0.4 is 0 Å². The fourth-order valence-electron chi connectivity index (χ4n) is 3.68. The van der Waals surface area contributed by atoms with E-state index in [4.69, 9.17) is 0 Å². The second-order valence-electron chi connectivity index (χ2n) is 7.81. The second kappa shape index (κ2) is 7.69. The summed E-state index contributed by atoms with van der Waals surface area (Å²) >= 11 is 0. The molecule has 31 heavy (non-hydrogen) atoms. The Morgan fingerprint density at radius 2 is 1.55 bits per heavy atom. The highest BCUT2D eigenvalue weighted by atomic mass is 19.4. The number of aryl methyl sites for hydroxylation is 4. The normalized spacial score (nSPS) is 12.5. The first-order chi connectivity index (χ1) is 14.6. The Hall–Kier alpha value is -3.41. The predicted octanol–water partition coefficient (Wildman–Crippen LogP) is 7.15. The first-order valence-electron chi connectivity index (χ1n) is 9.93. The molecule has 0 unspecified atom stereocenters. The molecule has 1 aromatic heterocycles. The van der Waals surface area contributed by atoms with Gasteiger partial charge in [0.1, 0.15) is 5.82 Å². The average molecular weight is 421 g/mol. The van der Waals surface area contributed by atoms with E-state index in [1.807, 2.05) is 45.9 Å². The van der Waals surface area contributed by atoms with E-state index in [9.17, 15) is 13.2 Å². The Balaban J connectivity index is 1.83. The molecule has 0 aliphatic heterocycles. The van der Waals surface area contributed by atoms with Crippen molar-refractivity contribution < 1.29 is 13.2 Å². The van der Waals surface area contributed by atoms with Gasteiger partial charge in [0.25, 0.3) is 0 Å². The number of nitrogens with zero attached hydrogens (tertiary/aromatic N) is 2. The van der Waals surface area contributed by atoms with Gasteiger partial charge in [0, 0.05) is 11.1 Å². The molecular weight excluding hydrogens is 399 g/mol. The highest BCUT2D eigenvalue weighted by Gasteiger charge is 2.37. The summed E-state index contributed by atoms with van der Waals surface area (Å²) in [7, 11) is 0. The van der Waals surface area contributed by atoms with E-state index in [0.717, 1.165) is 27.8 Å². The lowest BCUT2D eigenvalue weighted by molar-refractivity contribution is -0.0579. The van der Waals surface area contributed by atoms with E-state index < -0.39 is 11.9 Å². The number of aromatic amines is 1. The van der Waals surface area contributed by atoms with Crippen LogP contribution in [0.4, 0.5) is 18.9 Å². The molecule has 0 bridgehead atoms. The van der Waals surface area contributed by atoms with Crippen molar-refractivity contribution in [1.29, 1.82) is 0 Å². The number of halogens is 3. The number of hydrogen-bond donors (Lipinski definition) is 1. The maximum Gasteiger partial charge on any atom is 0.433 e. The number of fused-ring (bicyclic) bond motifs is 1. The molecule has 1 N–H and O–H groups in total. The smallest absolute Gasteiger partial charge is 0.338 e. The molecule has 1 heterocycles. The minimum Gasteiger partial charge on any atom is -0.338 e. The van der Waals surface area contributed by atoms with Crippen LogP contribution in [0.2, 0.25) is 0 Å². The van der Waals surface area contributed by atoms with Crippen LogP contribution in [0, 0.1) is 27.7 Å². The average Bonchev–Trinajstić information content (AvgIpc) is 3.10. The summed E-state index contributed by atoms with van der Waals surface area (Å²) in [5.41, 5.74) is 5.43. The fourth-order valence-corrected chi connectivity index (χ4v) is 3.68. The zero-order valence-corrected chi connectivity index (χ0v) is 17.7. The van der Waals surface area contributed by atoms with E-state index in [-0.39, 0.29) is 11.3 Å². The van der Waals surface area contributed by atoms with Crippen LogP contribution in [-0.4, -0.2) is 21.9 Å². The first kappa shape index (κ1) is 20.8. The van der Waals surface area contributed by atoms with E-state index in [1.165, 1.54) is 12.1 Å². The number of aliphatic imine (C=N–C) groups is 1. The predicted molar refractivity (Wildman–Crippen MR) is 119 cm³/mol. The van der Waals surface area contributed by atoms with Crippen LogP contribution in [0.5, 0.6) is 0 Å². The Labute approximate surface area is 178 Å². The molecule has 0 saturated heterocycles. The van der Waals surface area contributed by atoms with Gasteiger partial charge in [-0.25, -0.2) is 9.98 Å². The summed E-state index contributed by atoms with van der Waals surface area (Å²) in [5.74, 6) is 0.641. The summed E-state index contributed by atoms with van der Waals surface area (Å²) in [6, 6.07) is 15.5. The van der Waals surface area contributed by atoms with Crippen molar-refractivity contribution in [1.82, 2.24) is 9.97 Å². The molecule has 0 aliphatic rings. The van der Waals surface area contributed by atoms with Gasteiger partial charge >= 0.3 is 6.18 Å². The number of aromatic nitrogens is 2. The second-order valence-corrected chi connectivity index (χ2v) is 7.81. The molecule has 0 atom stereocenters. The summed E-state index contributed by atoms with van der Waals surface area (Å²) in [6.45, 7) is 7.73. The Morgan fingerprint density at radius 3 is 2.19 bits per heavy atom. The monoisotopic (exact) mass is 421 g/mol. The SMILES string of the molecule is Cc1ccc(N=C(c2ccc3nc(-c4c(C)cccc4C)[nH]c3c2)C(F)(F)F)cc1C. The lowest BCUT2D eigenvalue weighted by atomic mass is 10.0. The van der Waals surface area contributed by atoms with Gasteiger partial charge < -0.3 is 4.98 Å². The molecule has 3 aromatic carbocycles. The molecule has 0 aliphatic carbocycles. The molecule has 158 valence electrons. The lowest BCUT2D eigenvalue weighted by Gasteiger charge is -2.11. The highest BCUT2D eigenvalue weighted by molar-refractivity contribution is 6.07. The van der Waals surface area contributed by atoms with Crippen LogP contribution >= 0.6 is 0 Å². The van der Waals surface area contributed by atoms with Gasteiger partial charge in [0.2, 0.25) is 0 Å². The van der Waals surface area contributed by atoms with Crippen molar-refractivity contribution in [2.45, 2.75) is 33.9 Å². The standard InChI is InChI=1S/C25H22F3N3/c1-14-8-10-19(12-17(14)4)29-23(25(26,27)28)18-9-11-20-21(13-18)31-24(30-20)22-15(2)6-5-7-16(22)3/h5-13H,1-4H3,(H,30,31). The van der Waals surface area contributed by atoms with Crippen molar-refractivity contribution >= 4 is 22.4 Å². The Bertz CT molecular complexity index is 1290. The number of rotatable bonds is 3. The molecule has 0 saturated carbocycles. The molecule has 3 nitrogen and oxygen atoms in total. The molecule has 4 aromatic rings. The number of benzene rings is 3. The third-order valence-corrected chi connectivity index (χ3v) is 5.47. The van der Waals surface area contributed by atoms with Crippen LogP contribution in [0.25, 0.3) is 22.4 Å². The van der Waals surface area contributed by atoms with Gasteiger partial charge in [0.15, 0.2) is 5.71 Å². The fraction of sp³-hybridized carbons (Fsp3) is 0.200. The molecule has 6 heteroatoms. The van der Waals surface area contributed by atoms with Gasteiger partial charge in [-0.15, -0.1) is 0 Å². The van der Waals surface area contributed by atoms with E-state index in [0.29, 0.717) is 16.9 Å². The molecule has 0 fully saturated rings. The van der Waals surface area contributed by atoms with Crippen LogP contribution in [0.1, 0.15) is 27.8 Å². The van der Waals surface area contributed by atoms with Crippen LogP contribution in [0.15, 0.2) is 59.6 Å².